The van der Waals surface area contributed by atoms with Crippen molar-refractivity contribution in [2.24, 2.45) is 0 Å². The fourth-order valence-corrected chi connectivity index (χ4v) is 4.37. The largest absolute Gasteiger partial charge is 0.444 e. The van der Waals surface area contributed by atoms with Crippen LogP contribution in [0.2, 0.25) is 0 Å². The van der Waals surface area contributed by atoms with Crippen LogP contribution in [0.25, 0.3) is 10.9 Å². The normalized spacial score (nSPS) is 16.0. The molecule has 3 aromatic rings. The number of carbonyl (C=O) groups excluding carboxylic acids is 1. The summed E-state index contributed by atoms with van der Waals surface area (Å²) in [6.07, 6.45) is 2.97. The number of ether oxygens (including phenoxy) is 1. The van der Waals surface area contributed by atoms with Gasteiger partial charge in [-0.05, 0) is 51.0 Å². The average molecular weight is 395 g/mol. The lowest BCUT2D eigenvalue weighted by atomic mass is 10.1. The third kappa shape index (κ3) is 3.60. The smallest absolute Gasteiger partial charge is 0.407 e. The molecule has 2 aromatic heterocycles. The molecule has 1 N–H and O–H groups in total. The molecular formula is C21H22N4O2S. The highest BCUT2D eigenvalue weighted by Crippen LogP contribution is 2.35. The van der Waals surface area contributed by atoms with Gasteiger partial charge in [-0.25, -0.2) is 4.79 Å². The zero-order chi connectivity index (χ0) is 19.9. The van der Waals surface area contributed by atoms with E-state index in [0.717, 1.165) is 30.3 Å². The summed E-state index contributed by atoms with van der Waals surface area (Å²) in [7, 11) is 0. The second-order valence-corrected chi connectivity index (χ2v) is 9.05. The van der Waals surface area contributed by atoms with Gasteiger partial charge in [0.05, 0.1) is 23.7 Å². The first-order valence-corrected chi connectivity index (χ1v) is 10.1. The number of hydrogen-bond acceptors (Lipinski definition) is 5. The number of benzene rings is 1. The standard InChI is InChI=1S/C21H22N4O2S/c1-21(2,3)27-20(26)24-14-7-17-16-6-13(9-22)4-5-18(16)25(19(17)8-14)11-15-10-23-12-28-15/h4-6,10,12,14H,7-8,11H2,1-3H3,(H,24,26)/t14-/m1/s1. The van der Waals surface area contributed by atoms with E-state index in [1.807, 2.05) is 50.7 Å². The molecule has 1 aliphatic rings. The first-order valence-electron chi connectivity index (χ1n) is 9.25. The van der Waals surface area contributed by atoms with Crippen molar-refractivity contribution in [3.05, 3.63) is 51.6 Å². The average Bonchev–Trinajstić information content (AvgIpc) is 3.31. The highest BCUT2D eigenvalue weighted by Gasteiger charge is 2.30. The Morgan fingerprint density at radius 1 is 1.43 bits per heavy atom. The number of thiazole rings is 1. The molecule has 0 fully saturated rings. The molecule has 1 aromatic carbocycles. The summed E-state index contributed by atoms with van der Waals surface area (Å²) in [6.45, 7) is 6.31. The van der Waals surface area contributed by atoms with Gasteiger partial charge in [0.25, 0.3) is 0 Å². The monoisotopic (exact) mass is 394 g/mol. The number of nitriles is 1. The molecule has 0 radical (unpaired) electrons. The second-order valence-electron chi connectivity index (χ2n) is 8.07. The molecule has 0 bridgehead atoms. The molecule has 6 nitrogen and oxygen atoms in total. The topological polar surface area (TPSA) is 79.9 Å². The molecule has 0 aliphatic heterocycles. The van der Waals surface area contributed by atoms with Crippen LogP contribution >= 0.6 is 11.3 Å². The summed E-state index contributed by atoms with van der Waals surface area (Å²) in [6, 6.07) is 8.04. The zero-order valence-electron chi connectivity index (χ0n) is 16.2. The summed E-state index contributed by atoms with van der Waals surface area (Å²) < 4.78 is 7.70. The van der Waals surface area contributed by atoms with Crippen LogP contribution in [0.3, 0.4) is 0 Å². The van der Waals surface area contributed by atoms with Gasteiger partial charge < -0.3 is 14.6 Å². The van der Waals surface area contributed by atoms with Crippen LogP contribution in [-0.2, 0) is 24.1 Å². The van der Waals surface area contributed by atoms with Crippen LogP contribution < -0.4 is 5.32 Å². The second kappa shape index (κ2) is 6.95. The number of hydrogen-bond donors (Lipinski definition) is 1. The van der Waals surface area contributed by atoms with E-state index in [1.54, 1.807) is 11.3 Å². The van der Waals surface area contributed by atoms with E-state index in [9.17, 15) is 10.1 Å². The lowest BCUT2D eigenvalue weighted by Gasteiger charge is -2.22. The predicted molar refractivity (Wildman–Crippen MR) is 108 cm³/mol. The van der Waals surface area contributed by atoms with Crippen molar-refractivity contribution < 1.29 is 9.53 Å². The molecule has 0 saturated carbocycles. The van der Waals surface area contributed by atoms with Crippen LogP contribution in [0.4, 0.5) is 4.79 Å². The Kier molecular flexibility index (Phi) is 4.60. The van der Waals surface area contributed by atoms with E-state index in [0.29, 0.717) is 5.56 Å². The highest BCUT2D eigenvalue weighted by molar-refractivity contribution is 7.09. The number of alkyl carbamates (subject to hydrolysis) is 1. The Hall–Kier alpha value is -2.85. The predicted octanol–water partition coefficient (Wildman–Crippen LogP) is 4.01. The van der Waals surface area contributed by atoms with Crippen molar-refractivity contribution in [1.82, 2.24) is 14.9 Å². The maximum atomic E-state index is 12.2. The summed E-state index contributed by atoms with van der Waals surface area (Å²) in [4.78, 5) is 17.6. The van der Waals surface area contributed by atoms with E-state index >= 15 is 0 Å². The van der Waals surface area contributed by atoms with Gasteiger partial charge >= 0.3 is 6.09 Å². The molecule has 0 spiro atoms. The van der Waals surface area contributed by atoms with Crippen LogP contribution in [0.15, 0.2) is 29.9 Å². The third-order valence-electron chi connectivity index (χ3n) is 4.82. The quantitative estimate of drug-likeness (QED) is 0.728. The number of rotatable bonds is 3. The number of fused-ring (bicyclic) bond motifs is 3. The first-order chi connectivity index (χ1) is 13.3. The number of carbonyl (C=O) groups is 1. The first kappa shape index (κ1) is 18.5. The van der Waals surface area contributed by atoms with Crippen molar-refractivity contribution in [3.8, 4) is 6.07 Å². The van der Waals surface area contributed by atoms with Gasteiger partial charge in [-0.2, -0.15) is 5.26 Å². The van der Waals surface area contributed by atoms with E-state index in [4.69, 9.17) is 4.74 Å². The van der Waals surface area contributed by atoms with Gasteiger partial charge in [-0.1, -0.05) is 0 Å². The molecular weight excluding hydrogens is 372 g/mol. The fraction of sp³-hybridized carbons (Fsp3) is 0.381. The van der Waals surface area contributed by atoms with E-state index < -0.39 is 11.7 Å². The van der Waals surface area contributed by atoms with Crippen molar-refractivity contribution >= 4 is 28.3 Å². The van der Waals surface area contributed by atoms with Gasteiger partial charge in [-0.3, -0.25) is 4.98 Å². The Balaban J connectivity index is 1.66. The van der Waals surface area contributed by atoms with E-state index in [-0.39, 0.29) is 6.04 Å². The van der Waals surface area contributed by atoms with Crippen molar-refractivity contribution in [1.29, 1.82) is 5.26 Å². The summed E-state index contributed by atoms with van der Waals surface area (Å²) in [5, 5.41) is 13.4. The molecule has 7 heteroatoms. The van der Waals surface area contributed by atoms with Crippen molar-refractivity contribution in [2.45, 2.75) is 51.8 Å². The van der Waals surface area contributed by atoms with E-state index in [2.05, 4.69) is 20.9 Å². The van der Waals surface area contributed by atoms with Crippen molar-refractivity contribution in [3.63, 3.8) is 0 Å². The minimum absolute atomic E-state index is 0.0114. The zero-order valence-corrected chi connectivity index (χ0v) is 17.0. The molecule has 0 saturated heterocycles. The van der Waals surface area contributed by atoms with Gasteiger partial charge in [-0.15, -0.1) is 11.3 Å². The molecule has 1 aliphatic carbocycles. The number of aromatic nitrogens is 2. The minimum atomic E-state index is -0.522. The Morgan fingerprint density at radius 3 is 2.93 bits per heavy atom. The molecule has 4 rings (SSSR count). The van der Waals surface area contributed by atoms with Gasteiger partial charge in [0.1, 0.15) is 5.60 Å². The summed E-state index contributed by atoms with van der Waals surface area (Å²) >= 11 is 1.63. The Morgan fingerprint density at radius 2 is 2.25 bits per heavy atom. The molecule has 2 heterocycles. The van der Waals surface area contributed by atoms with Gasteiger partial charge in [0.2, 0.25) is 0 Å². The SMILES string of the molecule is CC(C)(C)OC(=O)N[C@@H]1Cc2c(n(Cc3cncs3)c3ccc(C#N)cc23)C1. The maximum absolute atomic E-state index is 12.2. The van der Waals surface area contributed by atoms with Crippen LogP contribution in [0, 0.1) is 11.3 Å². The molecule has 1 amide bonds. The van der Waals surface area contributed by atoms with Gasteiger partial charge in [0, 0.05) is 40.1 Å². The maximum Gasteiger partial charge on any atom is 0.407 e. The number of amides is 1. The van der Waals surface area contributed by atoms with E-state index in [1.165, 1.54) is 16.1 Å². The van der Waals surface area contributed by atoms with Gasteiger partial charge in [0.15, 0.2) is 0 Å². The Bertz CT molecular complexity index is 1070. The minimum Gasteiger partial charge on any atom is -0.444 e. The third-order valence-corrected chi connectivity index (χ3v) is 5.59. The highest BCUT2D eigenvalue weighted by atomic mass is 32.1. The fourth-order valence-electron chi connectivity index (χ4n) is 3.79. The Labute approximate surface area is 167 Å². The number of nitrogens with one attached hydrogen (secondary N) is 1. The lowest BCUT2D eigenvalue weighted by molar-refractivity contribution is 0.0506. The summed E-state index contributed by atoms with van der Waals surface area (Å²) in [5.41, 5.74) is 5.49. The molecule has 1 atom stereocenters. The lowest BCUT2D eigenvalue weighted by Crippen LogP contribution is -2.39. The van der Waals surface area contributed by atoms with Crippen LogP contribution in [0.5, 0.6) is 0 Å². The van der Waals surface area contributed by atoms with Crippen LogP contribution in [-0.4, -0.2) is 27.3 Å². The number of nitrogens with zero attached hydrogens (tertiary/aromatic N) is 3. The summed E-state index contributed by atoms with van der Waals surface area (Å²) in [5.74, 6) is 0. The van der Waals surface area contributed by atoms with Crippen molar-refractivity contribution in [2.75, 3.05) is 0 Å². The van der Waals surface area contributed by atoms with Crippen LogP contribution in [0.1, 0.15) is 42.5 Å². The molecule has 144 valence electrons. The molecule has 0 unspecified atom stereocenters. The molecule has 28 heavy (non-hydrogen) atoms.